The number of Topliss-reactive ketones (excluding diaryl/α,β-unsaturated/α-hetero) is 1. The molecule has 35 heavy (non-hydrogen) atoms. The third-order valence-electron chi connectivity index (χ3n) is 6.25. The van der Waals surface area contributed by atoms with Crippen molar-refractivity contribution in [3.8, 4) is 0 Å². The van der Waals surface area contributed by atoms with Crippen LogP contribution in [-0.4, -0.2) is 62.0 Å². The van der Waals surface area contributed by atoms with Crippen molar-refractivity contribution < 1.29 is 19.1 Å². The van der Waals surface area contributed by atoms with Gasteiger partial charge in [0.05, 0.1) is 18.2 Å². The maximum absolute atomic E-state index is 13.0. The van der Waals surface area contributed by atoms with Crippen molar-refractivity contribution in [3.05, 3.63) is 76.0 Å². The van der Waals surface area contributed by atoms with E-state index >= 15 is 0 Å². The molecule has 0 bridgehead atoms. The van der Waals surface area contributed by atoms with Crippen molar-refractivity contribution in [1.29, 1.82) is 0 Å². The molecule has 2 N–H and O–H groups in total. The standard InChI is InChI=1S/C26H29ClN4O4/c1-3-35-25(33)23-22(28-26(34)29-24(23)19-4-8-20(27)9-5-19)16-30-12-14-31(15-13-30)21-10-6-18(7-11-21)17(2)32/h4-11,24H,3,12-16H2,1-2H3,(H2,28,29,34)/t24-/m0/s1. The van der Waals surface area contributed by atoms with E-state index in [0.717, 1.165) is 37.4 Å². The molecule has 184 valence electrons. The molecule has 0 unspecified atom stereocenters. The molecule has 0 aromatic heterocycles. The fourth-order valence-electron chi connectivity index (χ4n) is 4.39. The van der Waals surface area contributed by atoms with Gasteiger partial charge in [-0.3, -0.25) is 9.69 Å². The van der Waals surface area contributed by atoms with Gasteiger partial charge in [-0.1, -0.05) is 23.7 Å². The Hall–Kier alpha value is -3.36. The zero-order chi connectivity index (χ0) is 24.9. The first-order chi connectivity index (χ1) is 16.9. The van der Waals surface area contributed by atoms with E-state index in [-0.39, 0.29) is 18.4 Å². The molecule has 0 spiro atoms. The van der Waals surface area contributed by atoms with Crippen molar-refractivity contribution in [1.82, 2.24) is 15.5 Å². The second kappa shape index (κ2) is 10.9. The number of urea groups is 1. The summed E-state index contributed by atoms with van der Waals surface area (Å²) in [4.78, 5) is 41.5. The molecule has 9 heteroatoms. The molecule has 0 saturated carbocycles. The summed E-state index contributed by atoms with van der Waals surface area (Å²) in [5.74, 6) is -0.410. The molecule has 2 heterocycles. The smallest absolute Gasteiger partial charge is 0.338 e. The molecule has 1 atom stereocenters. The van der Waals surface area contributed by atoms with E-state index in [2.05, 4.69) is 20.4 Å². The molecule has 2 aliphatic heterocycles. The average Bonchev–Trinajstić information content (AvgIpc) is 2.85. The number of carbonyl (C=O) groups is 3. The minimum atomic E-state index is -0.629. The minimum absolute atomic E-state index is 0.0490. The molecule has 4 rings (SSSR count). The van der Waals surface area contributed by atoms with Gasteiger partial charge in [-0.2, -0.15) is 0 Å². The number of esters is 1. The van der Waals surface area contributed by atoms with Crippen LogP contribution >= 0.6 is 11.6 Å². The summed E-state index contributed by atoms with van der Waals surface area (Å²) >= 11 is 6.03. The quantitative estimate of drug-likeness (QED) is 0.450. The highest BCUT2D eigenvalue weighted by atomic mass is 35.5. The number of halogens is 1. The second-order valence-corrected chi connectivity index (χ2v) is 9.00. The molecule has 1 fully saturated rings. The van der Waals surface area contributed by atoms with Crippen molar-refractivity contribution in [3.63, 3.8) is 0 Å². The van der Waals surface area contributed by atoms with Gasteiger partial charge in [0.15, 0.2) is 5.78 Å². The number of rotatable bonds is 7. The van der Waals surface area contributed by atoms with Crippen LogP contribution in [0.3, 0.4) is 0 Å². The average molecular weight is 497 g/mol. The zero-order valence-electron chi connectivity index (χ0n) is 19.8. The summed E-state index contributed by atoms with van der Waals surface area (Å²) < 4.78 is 5.35. The predicted molar refractivity (Wildman–Crippen MR) is 135 cm³/mol. The van der Waals surface area contributed by atoms with Gasteiger partial charge in [-0.25, -0.2) is 9.59 Å². The molecule has 2 aromatic rings. The Balaban J connectivity index is 1.51. The van der Waals surface area contributed by atoms with Gasteiger partial charge < -0.3 is 20.3 Å². The van der Waals surface area contributed by atoms with Gasteiger partial charge in [0.25, 0.3) is 0 Å². The van der Waals surface area contributed by atoms with Crippen LogP contribution in [0.25, 0.3) is 0 Å². The van der Waals surface area contributed by atoms with Crippen LogP contribution < -0.4 is 15.5 Å². The van der Waals surface area contributed by atoms with Gasteiger partial charge in [0.1, 0.15) is 0 Å². The first kappa shape index (κ1) is 24.8. The summed E-state index contributed by atoms with van der Waals surface area (Å²) in [5.41, 5.74) is 3.47. The summed E-state index contributed by atoms with van der Waals surface area (Å²) in [7, 11) is 0. The molecule has 2 aromatic carbocycles. The highest BCUT2D eigenvalue weighted by molar-refractivity contribution is 6.30. The first-order valence-corrected chi connectivity index (χ1v) is 12.0. The number of nitrogens with zero attached hydrogens (tertiary/aromatic N) is 2. The molecular formula is C26H29ClN4O4. The number of amides is 2. The van der Waals surface area contributed by atoms with E-state index in [1.54, 1.807) is 38.1 Å². The molecule has 0 aliphatic carbocycles. The van der Waals surface area contributed by atoms with Gasteiger partial charge in [-0.05, 0) is 55.8 Å². The van der Waals surface area contributed by atoms with Crippen LogP contribution in [0.5, 0.6) is 0 Å². The lowest BCUT2D eigenvalue weighted by Gasteiger charge is -2.38. The van der Waals surface area contributed by atoms with Gasteiger partial charge >= 0.3 is 12.0 Å². The summed E-state index contributed by atoms with van der Waals surface area (Å²) in [6.45, 7) is 7.05. The number of nitrogens with one attached hydrogen (secondary N) is 2. The predicted octanol–water partition coefficient (Wildman–Crippen LogP) is 3.54. The molecule has 2 amide bonds. The SMILES string of the molecule is CCOC(=O)C1=C(CN2CCN(c3ccc(C(C)=O)cc3)CC2)NC(=O)N[C@H]1c1ccc(Cl)cc1. The van der Waals surface area contributed by atoms with Gasteiger partial charge in [-0.15, -0.1) is 0 Å². The second-order valence-electron chi connectivity index (χ2n) is 8.56. The lowest BCUT2D eigenvalue weighted by atomic mass is 9.95. The first-order valence-electron chi connectivity index (χ1n) is 11.7. The van der Waals surface area contributed by atoms with Crippen LogP contribution in [-0.2, 0) is 9.53 Å². The Morgan fingerprint density at radius 1 is 1.03 bits per heavy atom. The minimum Gasteiger partial charge on any atom is -0.463 e. The third kappa shape index (κ3) is 5.83. The lowest BCUT2D eigenvalue weighted by Crippen LogP contribution is -2.51. The highest BCUT2D eigenvalue weighted by Gasteiger charge is 2.34. The maximum Gasteiger partial charge on any atom is 0.338 e. The number of piperazine rings is 1. The van der Waals surface area contributed by atoms with Crippen LogP contribution in [0, 0.1) is 0 Å². The summed E-state index contributed by atoms with van der Waals surface area (Å²) in [6.07, 6.45) is 0. The van der Waals surface area contributed by atoms with E-state index in [0.29, 0.717) is 28.4 Å². The number of benzene rings is 2. The Bertz CT molecular complexity index is 1120. The Labute approximate surface area is 209 Å². The van der Waals surface area contributed by atoms with Crippen LogP contribution in [0.1, 0.15) is 35.8 Å². The topological polar surface area (TPSA) is 91.0 Å². The number of hydrogen-bond donors (Lipinski definition) is 2. The fraction of sp³-hybridized carbons (Fsp3) is 0.346. The van der Waals surface area contributed by atoms with E-state index in [4.69, 9.17) is 16.3 Å². The van der Waals surface area contributed by atoms with Crippen molar-refractivity contribution in [2.75, 3.05) is 44.2 Å². The molecule has 2 aliphatic rings. The highest BCUT2D eigenvalue weighted by Crippen LogP contribution is 2.29. The number of anilines is 1. The third-order valence-corrected chi connectivity index (χ3v) is 6.50. The van der Waals surface area contributed by atoms with E-state index in [1.807, 2.05) is 24.3 Å². The van der Waals surface area contributed by atoms with Crippen molar-refractivity contribution in [2.24, 2.45) is 0 Å². The Morgan fingerprint density at radius 3 is 2.29 bits per heavy atom. The van der Waals surface area contributed by atoms with E-state index < -0.39 is 12.0 Å². The Morgan fingerprint density at radius 2 is 1.69 bits per heavy atom. The monoisotopic (exact) mass is 496 g/mol. The normalized spacial score (nSPS) is 18.7. The molecule has 1 saturated heterocycles. The van der Waals surface area contributed by atoms with Gasteiger partial charge in [0.2, 0.25) is 0 Å². The molecular weight excluding hydrogens is 468 g/mol. The van der Waals surface area contributed by atoms with Gasteiger partial charge in [0, 0.05) is 54.7 Å². The van der Waals surface area contributed by atoms with Crippen LogP contribution in [0.4, 0.5) is 10.5 Å². The fourth-order valence-corrected chi connectivity index (χ4v) is 4.52. The molecule has 0 radical (unpaired) electrons. The van der Waals surface area contributed by atoms with E-state index in [9.17, 15) is 14.4 Å². The molecule has 8 nitrogen and oxygen atoms in total. The van der Waals surface area contributed by atoms with Crippen LogP contribution in [0.15, 0.2) is 59.8 Å². The maximum atomic E-state index is 13.0. The Kier molecular flexibility index (Phi) is 7.73. The number of carbonyl (C=O) groups excluding carboxylic acids is 3. The van der Waals surface area contributed by atoms with Crippen LogP contribution in [0.2, 0.25) is 5.02 Å². The summed E-state index contributed by atoms with van der Waals surface area (Å²) in [6, 6.07) is 13.7. The number of hydrogen-bond acceptors (Lipinski definition) is 6. The van der Waals surface area contributed by atoms with E-state index in [1.165, 1.54) is 0 Å². The summed E-state index contributed by atoms with van der Waals surface area (Å²) in [5, 5.41) is 6.26. The lowest BCUT2D eigenvalue weighted by molar-refractivity contribution is -0.139. The van der Waals surface area contributed by atoms with Crippen molar-refractivity contribution in [2.45, 2.75) is 19.9 Å². The zero-order valence-corrected chi connectivity index (χ0v) is 20.6. The largest absolute Gasteiger partial charge is 0.463 e. The van der Waals surface area contributed by atoms with Crippen molar-refractivity contribution >= 4 is 35.1 Å². The number of ketones is 1. The number of ether oxygens (including phenoxy) is 1.